The molecule has 0 aliphatic heterocycles. The van der Waals surface area contributed by atoms with E-state index in [2.05, 4.69) is 28.7 Å². The summed E-state index contributed by atoms with van der Waals surface area (Å²) in [5.74, 6) is 1.04. The van der Waals surface area contributed by atoms with Crippen molar-refractivity contribution in [3.8, 4) is 0 Å². The average molecular weight is 252 g/mol. The molecule has 0 bridgehead atoms. The molecule has 2 rings (SSSR count). The van der Waals surface area contributed by atoms with E-state index in [4.69, 9.17) is 11.6 Å². The predicted molar refractivity (Wildman–Crippen MR) is 72.4 cm³/mol. The summed E-state index contributed by atoms with van der Waals surface area (Å²) in [6.45, 7) is 7.05. The highest BCUT2D eigenvalue weighted by Crippen LogP contribution is 2.25. The largest absolute Gasteiger partial charge is 0.330 e. The zero-order chi connectivity index (χ0) is 12.6. The molecule has 0 aliphatic carbocycles. The normalized spacial score (nSPS) is 11.6. The molecule has 1 aromatic carbocycles. The lowest BCUT2D eigenvalue weighted by Crippen LogP contribution is -2.23. The maximum atomic E-state index is 6.11. The lowest BCUT2D eigenvalue weighted by atomic mass is 10.2. The van der Waals surface area contributed by atoms with Gasteiger partial charge in [0, 0.05) is 18.1 Å². The zero-order valence-corrected chi connectivity index (χ0v) is 11.5. The molecule has 17 heavy (non-hydrogen) atoms. The molecule has 0 radical (unpaired) electrons. The van der Waals surface area contributed by atoms with Crippen molar-refractivity contribution in [2.75, 3.05) is 0 Å². The van der Waals surface area contributed by atoms with Crippen LogP contribution in [0.1, 0.15) is 25.2 Å². The van der Waals surface area contributed by atoms with Crippen LogP contribution in [0.15, 0.2) is 12.1 Å². The summed E-state index contributed by atoms with van der Waals surface area (Å²) in [6, 6.07) is 4.41. The van der Waals surface area contributed by atoms with Gasteiger partial charge in [-0.15, -0.1) is 0 Å². The first-order valence-corrected chi connectivity index (χ1v) is 6.22. The third-order valence-electron chi connectivity index (χ3n) is 3.00. The maximum Gasteiger partial charge on any atom is 0.123 e. The number of benzene rings is 1. The number of hydrogen-bond acceptors (Lipinski definition) is 2. The average Bonchev–Trinajstić information content (AvgIpc) is 2.59. The highest BCUT2D eigenvalue weighted by molar-refractivity contribution is 6.32. The number of fused-ring (bicyclic) bond motifs is 1. The van der Waals surface area contributed by atoms with Crippen molar-refractivity contribution in [2.24, 2.45) is 7.05 Å². The van der Waals surface area contributed by atoms with Crippen LogP contribution in [0.4, 0.5) is 0 Å². The van der Waals surface area contributed by atoms with E-state index in [1.165, 1.54) is 0 Å². The maximum absolute atomic E-state index is 6.11. The van der Waals surface area contributed by atoms with E-state index in [1.807, 2.05) is 26.1 Å². The zero-order valence-electron chi connectivity index (χ0n) is 10.7. The molecule has 1 N–H and O–H groups in total. The molecule has 0 saturated carbocycles. The van der Waals surface area contributed by atoms with E-state index in [1.54, 1.807) is 0 Å². The number of hydrogen-bond donors (Lipinski definition) is 1. The van der Waals surface area contributed by atoms with Crippen LogP contribution in [0.5, 0.6) is 0 Å². The summed E-state index contributed by atoms with van der Waals surface area (Å²) in [4.78, 5) is 4.66. The van der Waals surface area contributed by atoms with Gasteiger partial charge in [0.2, 0.25) is 0 Å². The van der Waals surface area contributed by atoms with Crippen LogP contribution in [0.25, 0.3) is 11.0 Å². The highest BCUT2D eigenvalue weighted by atomic mass is 35.5. The molecule has 2 aromatic rings. The van der Waals surface area contributed by atoms with Crippen molar-refractivity contribution in [2.45, 2.75) is 33.4 Å². The fourth-order valence-corrected chi connectivity index (χ4v) is 2.02. The van der Waals surface area contributed by atoms with E-state index in [-0.39, 0.29) is 0 Å². The third kappa shape index (κ3) is 2.31. The Hall–Kier alpha value is -1.06. The highest BCUT2D eigenvalue weighted by Gasteiger charge is 2.11. The second-order valence-corrected chi connectivity index (χ2v) is 5.07. The van der Waals surface area contributed by atoms with E-state index in [0.717, 1.165) is 34.0 Å². The fourth-order valence-electron chi connectivity index (χ4n) is 1.87. The van der Waals surface area contributed by atoms with Crippen LogP contribution in [0, 0.1) is 6.92 Å². The van der Waals surface area contributed by atoms with Crippen molar-refractivity contribution in [1.82, 2.24) is 14.9 Å². The Labute approximate surface area is 107 Å². The van der Waals surface area contributed by atoms with Gasteiger partial charge in [-0.2, -0.15) is 0 Å². The molecule has 0 amide bonds. The first-order valence-electron chi connectivity index (χ1n) is 5.84. The molecular formula is C13H18ClN3. The van der Waals surface area contributed by atoms with Crippen LogP contribution in [0.3, 0.4) is 0 Å². The molecule has 0 saturated heterocycles. The summed E-state index contributed by atoms with van der Waals surface area (Å²) in [5, 5.41) is 4.16. The number of nitrogens with one attached hydrogen (secondary N) is 1. The summed E-state index contributed by atoms with van der Waals surface area (Å²) < 4.78 is 2.12. The smallest absolute Gasteiger partial charge is 0.123 e. The van der Waals surface area contributed by atoms with Gasteiger partial charge in [0.1, 0.15) is 5.82 Å². The number of nitrogens with zero attached hydrogens (tertiary/aromatic N) is 2. The number of rotatable bonds is 3. The second-order valence-electron chi connectivity index (χ2n) is 4.66. The Kier molecular flexibility index (Phi) is 3.40. The summed E-state index contributed by atoms with van der Waals surface area (Å²) in [5.41, 5.74) is 3.18. The van der Waals surface area contributed by atoms with Crippen molar-refractivity contribution in [1.29, 1.82) is 0 Å². The Bertz CT molecular complexity index is 543. The van der Waals surface area contributed by atoms with Gasteiger partial charge in [-0.25, -0.2) is 4.98 Å². The monoisotopic (exact) mass is 251 g/mol. The summed E-state index contributed by atoms with van der Waals surface area (Å²) in [6.07, 6.45) is 0. The minimum Gasteiger partial charge on any atom is -0.330 e. The summed E-state index contributed by atoms with van der Waals surface area (Å²) in [7, 11) is 2.04. The van der Waals surface area contributed by atoms with Gasteiger partial charge in [-0.1, -0.05) is 25.4 Å². The van der Waals surface area contributed by atoms with Crippen molar-refractivity contribution < 1.29 is 0 Å². The lowest BCUT2D eigenvalue weighted by Gasteiger charge is -2.07. The Morgan fingerprint density at radius 2 is 2.12 bits per heavy atom. The Morgan fingerprint density at radius 3 is 2.76 bits per heavy atom. The Morgan fingerprint density at radius 1 is 1.41 bits per heavy atom. The molecule has 1 heterocycles. The first-order chi connectivity index (χ1) is 8.00. The SMILES string of the molecule is Cc1c(Cl)ccc2c1nc(CNC(C)C)n2C. The molecule has 3 nitrogen and oxygen atoms in total. The first kappa shape index (κ1) is 12.4. The van der Waals surface area contributed by atoms with Gasteiger partial charge >= 0.3 is 0 Å². The van der Waals surface area contributed by atoms with E-state index in [0.29, 0.717) is 6.04 Å². The van der Waals surface area contributed by atoms with Crippen molar-refractivity contribution in [3.05, 3.63) is 28.5 Å². The van der Waals surface area contributed by atoms with Gasteiger partial charge in [0.15, 0.2) is 0 Å². The van der Waals surface area contributed by atoms with Gasteiger partial charge < -0.3 is 9.88 Å². The minimum absolute atomic E-state index is 0.458. The van der Waals surface area contributed by atoms with Crippen molar-refractivity contribution >= 4 is 22.6 Å². The minimum atomic E-state index is 0.458. The molecule has 0 fully saturated rings. The topological polar surface area (TPSA) is 29.9 Å². The molecule has 1 aromatic heterocycles. The van der Waals surface area contributed by atoms with Crippen LogP contribution in [-0.4, -0.2) is 15.6 Å². The van der Waals surface area contributed by atoms with Crippen LogP contribution in [0.2, 0.25) is 5.02 Å². The molecule has 92 valence electrons. The van der Waals surface area contributed by atoms with E-state index in [9.17, 15) is 0 Å². The molecule has 4 heteroatoms. The predicted octanol–water partition coefficient (Wildman–Crippen LogP) is 3.03. The van der Waals surface area contributed by atoms with Gasteiger partial charge in [-0.3, -0.25) is 0 Å². The van der Waals surface area contributed by atoms with E-state index >= 15 is 0 Å². The molecule has 0 aliphatic rings. The Balaban J connectivity index is 2.45. The number of aryl methyl sites for hydroxylation is 2. The van der Waals surface area contributed by atoms with Crippen molar-refractivity contribution in [3.63, 3.8) is 0 Å². The lowest BCUT2D eigenvalue weighted by molar-refractivity contribution is 0.563. The quantitative estimate of drug-likeness (QED) is 0.909. The molecule has 0 spiro atoms. The van der Waals surface area contributed by atoms with Crippen LogP contribution < -0.4 is 5.32 Å². The third-order valence-corrected chi connectivity index (χ3v) is 3.41. The molecule has 0 unspecified atom stereocenters. The fraction of sp³-hybridized carbons (Fsp3) is 0.462. The number of halogens is 1. The standard InChI is InChI=1S/C13H18ClN3/c1-8(2)15-7-12-16-13-9(3)10(14)5-6-11(13)17(12)4/h5-6,8,15H,7H2,1-4H3. The molecular weight excluding hydrogens is 234 g/mol. The second kappa shape index (κ2) is 4.67. The van der Waals surface area contributed by atoms with Gasteiger partial charge in [-0.05, 0) is 24.6 Å². The number of aromatic nitrogens is 2. The van der Waals surface area contributed by atoms with Gasteiger partial charge in [0.25, 0.3) is 0 Å². The molecule has 0 atom stereocenters. The van der Waals surface area contributed by atoms with Crippen LogP contribution >= 0.6 is 11.6 Å². The number of imidazole rings is 1. The van der Waals surface area contributed by atoms with Crippen LogP contribution in [-0.2, 0) is 13.6 Å². The van der Waals surface area contributed by atoms with Gasteiger partial charge in [0.05, 0.1) is 17.6 Å². The summed E-state index contributed by atoms with van der Waals surface area (Å²) >= 11 is 6.11. The van der Waals surface area contributed by atoms with E-state index < -0.39 is 0 Å².